The molecule has 0 saturated carbocycles. The summed E-state index contributed by atoms with van der Waals surface area (Å²) in [6.07, 6.45) is 1.73. The van der Waals surface area contributed by atoms with Gasteiger partial charge < -0.3 is 10.1 Å². The third kappa shape index (κ3) is 3.33. The molecular weight excluding hydrogens is 255 g/mol. The fraction of sp³-hybridized carbons (Fsp3) is 0.312. The van der Waals surface area contributed by atoms with E-state index in [9.17, 15) is 4.39 Å². The molecule has 1 aromatic heterocycles. The number of nitrogens with zero attached hydrogens (tertiary/aromatic N) is 1. The van der Waals surface area contributed by atoms with E-state index in [0.29, 0.717) is 5.69 Å². The zero-order valence-electron chi connectivity index (χ0n) is 11.9. The average molecular weight is 274 g/mol. The minimum Gasteiger partial charge on any atom is -0.491 e. The van der Waals surface area contributed by atoms with Crippen LogP contribution in [0.3, 0.4) is 0 Å². The van der Waals surface area contributed by atoms with Gasteiger partial charge >= 0.3 is 0 Å². The number of halogens is 1. The Hall–Kier alpha value is -1.94. The number of hydrogen-bond donors (Lipinski definition) is 1. The van der Waals surface area contributed by atoms with Gasteiger partial charge in [0.05, 0.1) is 17.8 Å². The summed E-state index contributed by atoms with van der Waals surface area (Å²) >= 11 is 0. The van der Waals surface area contributed by atoms with Crippen molar-refractivity contribution in [3.8, 4) is 5.75 Å². The fourth-order valence-electron chi connectivity index (χ4n) is 2.08. The standard InChI is InChI=1S/C16H19FN2O/c1-11(2)20-13-8-6-12(7-9-13)15(18-3)16-14(17)5-4-10-19-16/h4-11,15,18H,1-3H3. The van der Waals surface area contributed by atoms with Crippen LogP contribution in [0.15, 0.2) is 42.6 Å². The molecule has 106 valence electrons. The van der Waals surface area contributed by atoms with E-state index in [-0.39, 0.29) is 18.0 Å². The molecule has 1 atom stereocenters. The third-order valence-electron chi connectivity index (χ3n) is 2.93. The zero-order chi connectivity index (χ0) is 14.5. The summed E-state index contributed by atoms with van der Waals surface area (Å²) in [5.41, 5.74) is 1.34. The molecule has 0 radical (unpaired) electrons. The molecule has 1 heterocycles. The molecule has 0 aliphatic rings. The van der Waals surface area contributed by atoms with E-state index in [1.807, 2.05) is 38.1 Å². The quantitative estimate of drug-likeness (QED) is 0.908. The number of hydrogen-bond acceptors (Lipinski definition) is 3. The molecule has 0 bridgehead atoms. The second-order valence-electron chi connectivity index (χ2n) is 4.83. The number of nitrogens with one attached hydrogen (secondary N) is 1. The lowest BCUT2D eigenvalue weighted by molar-refractivity contribution is 0.242. The van der Waals surface area contributed by atoms with Crippen molar-refractivity contribution in [1.29, 1.82) is 0 Å². The molecule has 20 heavy (non-hydrogen) atoms. The van der Waals surface area contributed by atoms with Crippen molar-refractivity contribution in [3.63, 3.8) is 0 Å². The summed E-state index contributed by atoms with van der Waals surface area (Å²) in [6, 6.07) is 10.4. The van der Waals surface area contributed by atoms with Gasteiger partial charge in [-0.25, -0.2) is 4.39 Å². The minimum absolute atomic E-state index is 0.134. The number of aromatic nitrogens is 1. The van der Waals surface area contributed by atoms with Crippen molar-refractivity contribution < 1.29 is 9.13 Å². The summed E-state index contributed by atoms with van der Waals surface area (Å²) in [5, 5.41) is 3.09. The predicted octanol–water partition coefficient (Wildman–Crippen LogP) is 3.32. The monoisotopic (exact) mass is 274 g/mol. The summed E-state index contributed by atoms with van der Waals surface area (Å²) in [4.78, 5) is 4.13. The summed E-state index contributed by atoms with van der Waals surface area (Å²) in [7, 11) is 1.79. The molecule has 0 aliphatic heterocycles. The smallest absolute Gasteiger partial charge is 0.146 e. The second kappa shape index (κ2) is 6.48. The van der Waals surface area contributed by atoms with Crippen LogP contribution in [0.4, 0.5) is 4.39 Å². The third-order valence-corrected chi connectivity index (χ3v) is 2.93. The Morgan fingerprint density at radius 2 is 1.85 bits per heavy atom. The lowest BCUT2D eigenvalue weighted by Gasteiger charge is -2.17. The van der Waals surface area contributed by atoms with E-state index in [4.69, 9.17) is 4.74 Å². The molecular formula is C16H19FN2O. The normalized spacial score (nSPS) is 12.4. The Morgan fingerprint density at radius 3 is 2.40 bits per heavy atom. The van der Waals surface area contributed by atoms with Gasteiger partial charge in [0.15, 0.2) is 0 Å². The molecule has 1 aromatic carbocycles. The number of rotatable bonds is 5. The Kier molecular flexibility index (Phi) is 4.69. The van der Waals surface area contributed by atoms with Gasteiger partial charge in [0, 0.05) is 6.20 Å². The van der Waals surface area contributed by atoms with Crippen molar-refractivity contribution in [1.82, 2.24) is 10.3 Å². The molecule has 0 saturated heterocycles. The molecule has 4 heteroatoms. The highest BCUT2D eigenvalue weighted by Gasteiger charge is 2.17. The van der Waals surface area contributed by atoms with Crippen LogP contribution in [-0.2, 0) is 0 Å². The fourth-order valence-corrected chi connectivity index (χ4v) is 2.08. The van der Waals surface area contributed by atoms with Crippen LogP contribution < -0.4 is 10.1 Å². The maximum Gasteiger partial charge on any atom is 0.146 e. The Balaban J connectivity index is 2.26. The highest BCUT2D eigenvalue weighted by molar-refractivity contribution is 5.33. The summed E-state index contributed by atoms with van der Waals surface area (Å²) < 4.78 is 19.4. The van der Waals surface area contributed by atoms with E-state index >= 15 is 0 Å². The first-order valence-corrected chi connectivity index (χ1v) is 6.66. The average Bonchev–Trinajstić information content (AvgIpc) is 2.43. The largest absolute Gasteiger partial charge is 0.491 e. The number of pyridine rings is 1. The maximum absolute atomic E-state index is 13.8. The topological polar surface area (TPSA) is 34.1 Å². The second-order valence-corrected chi connectivity index (χ2v) is 4.83. The highest BCUT2D eigenvalue weighted by atomic mass is 19.1. The Bertz CT molecular complexity index is 555. The summed E-state index contributed by atoms with van der Waals surface area (Å²) in [6.45, 7) is 3.96. The van der Waals surface area contributed by atoms with Crippen LogP contribution in [0.1, 0.15) is 31.1 Å². The Labute approximate surface area is 118 Å². The molecule has 2 rings (SSSR count). The molecule has 1 unspecified atom stereocenters. The molecule has 0 spiro atoms. The predicted molar refractivity (Wildman–Crippen MR) is 77.3 cm³/mol. The van der Waals surface area contributed by atoms with Crippen molar-refractivity contribution in [3.05, 3.63) is 59.7 Å². The zero-order valence-corrected chi connectivity index (χ0v) is 11.9. The van der Waals surface area contributed by atoms with E-state index in [1.165, 1.54) is 6.07 Å². The number of ether oxygens (including phenoxy) is 1. The van der Waals surface area contributed by atoms with Gasteiger partial charge in [-0.2, -0.15) is 0 Å². The van der Waals surface area contributed by atoms with E-state index in [0.717, 1.165) is 11.3 Å². The van der Waals surface area contributed by atoms with Crippen molar-refractivity contribution in [2.45, 2.75) is 26.0 Å². The van der Waals surface area contributed by atoms with Crippen molar-refractivity contribution in [2.24, 2.45) is 0 Å². The van der Waals surface area contributed by atoms with Gasteiger partial charge in [-0.15, -0.1) is 0 Å². The summed E-state index contributed by atoms with van der Waals surface area (Å²) in [5.74, 6) is 0.495. The highest BCUT2D eigenvalue weighted by Crippen LogP contribution is 2.24. The lowest BCUT2D eigenvalue weighted by Crippen LogP contribution is -2.20. The van der Waals surface area contributed by atoms with Gasteiger partial charge in [-0.05, 0) is 50.7 Å². The Morgan fingerprint density at radius 1 is 1.15 bits per heavy atom. The first kappa shape index (κ1) is 14.5. The van der Waals surface area contributed by atoms with Crippen molar-refractivity contribution in [2.75, 3.05) is 7.05 Å². The maximum atomic E-state index is 13.8. The van der Waals surface area contributed by atoms with E-state index in [2.05, 4.69) is 10.3 Å². The van der Waals surface area contributed by atoms with Crippen LogP contribution in [0.25, 0.3) is 0 Å². The molecule has 2 aromatic rings. The SMILES string of the molecule is CNC(c1ccc(OC(C)C)cc1)c1ncccc1F. The van der Waals surface area contributed by atoms with Gasteiger partial charge in [0.1, 0.15) is 11.6 Å². The van der Waals surface area contributed by atoms with Gasteiger partial charge in [-0.1, -0.05) is 12.1 Å². The van der Waals surface area contributed by atoms with E-state index in [1.54, 1.807) is 19.3 Å². The molecule has 0 amide bonds. The van der Waals surface area contributed by atoms with Crippen LogP contribution in [0.2, 0.25) is 0 Å². The number of benzene rings is 1. The lowest BCUT2D eigenvalue weighted by atomic mass is 10.0. The molecule has 3 nitrogen and oxygen atoms in total. The molecule has 0 fully saturated rings. The minimum atomic E-state index is -0.311. The van der Waals surface area contributed by atoms with Gasteiger partial charge in [0.25, 0.3) is 0 Å². The molecule has 1 N–H and O–H groups in total. The first-order chi connectivity index (χ1) is 9.61. The van der Waals surface area contributed by atoms with Crippen LogP contribution >= 0.6 is 0 Å². The first-order valence-electron chi connectivity index (χ1n) is 6.66. The van der Waals surface area contributed by atoms with Crippen LogP contribution in [-0.4, -0.2) is 18.1 Å². The van der Waals surface area contributed by atoms with Gasteiger partial charge in [0.2, 0.25) is 0 Å². The van der Waals surface area contributed by atoms with E-state index < -0.39 is 0 Å². The van der Waals surface area contributed by atoms with Crippen molar-refractivity contribution >= 4 is 0 Å². The van der Waals surface area contributed by atoms with Crippen LogP contribution in [0, 0.1) is 5.82 Å². The van der Waals surface area contributed by atoms with Gasteiger partial charge in [-0.3, -0.25) is 4.98 Å². The van der Waals surface area contributed by atoms with Crippen LogP contribution in [0.5, 0.6) is 5.75 Å². The molecule has 0 aliphatic carbocycles.